The molecular formula is C22H25N3O4. The molecule has 152 valence electrons. The molecule has 3 aromatic rings. The minimum absolute atomic E-state index is 0.0250. The van der Waals surface area contributed by atoms with Crippen LogP contribution in [-0.4, -0.2) is 38.2 Å². The fraction of sp³-hybridized carbons (Fsp3) is 0.364. The van der Waals surface area contributed by atoms with Crippen LogP contribution >= 0.6 is 0 Å². The number of phenolic OH excluding ortho intramolecular Hbond substituents is 2. The summed E-state index contributed by atoms with van der Waals surface area (Å²) in [5.41, 5.74) is 4.23. The molecule has 2 aromatic carbocycles. The smallest absolute Gasteiger partial charge is 0.343 e. The number of phenols is 2. The molecule has 7 nitrogen and oxygen atoms in total. The molecule has 0 amide bonds. The highest BCUT2D eigenvalue weighted by Gasteiger charge is 2.22. The maximum Gasteiger partial charge on any atom is 0.343 e. The number of aromatic hydroxyl groups is 2. The van der Waals surface area contributed by atoms with E-state index in [4.69, 9.17) is 4.74 Å². The van der Waals surface area contributed by atoms with Crippen molar-refractivity contribution in [3.05, 3.63) is 63.1 Å². The van der Waals surface area contributed by atoms with Crippen LogP contribution < -0.4 is 5.69 Å². The van der Waals surface area contributed by atoms with Crippen molar-refractivity contribution >= 4 is 0 Å². The SMILES string of the molecule is COC1Cc2ccc(Cn3c(-c4cc(C(C)C)c(O)cc4O)n[nH]c3=O)cc2C1. The van der Waals surface area contributed by atoms with Crippen LogP contribution in [0.1, 0.15) is 42.0 Å². The largest absolute Gasteiger partial charge is 0.508 e. The molecule has 1 aliphatic carbocycles. The summed E-state index contributed by atoms with van der Waals surface area (Å²) in [6.45, 7) is 4.23. The first-order valence-corrected chi connectivity index (χ1v) is 9.72. The van der Waals surface area contributed by atoms with Gasteiger partial charge in [-0.05, 0) is 47.1 Å². The topological polar surface area (TPSA) is 100 Å². The maximum absolute atomic E-state index is 12.4. The maximum atomic E-state index is 12.4. The van der Waals surface area contributed by atoms with Crippen LogP contribution in [0.4, 0.5) is 0 Å². The molecule has 7 heteroatoms. The van der Waals surface area contributed by atoms with Crippen LogP contribution in [0, 0.1) is 0 Å². The zero-order valence-electron chi connectivity index (χ0n) is 16.8. The van der Waals surface area contributed by atoms with Crippen LogP contribution in [-0.2, 0) is 24.1 Å². The van der Waals surface area contributed by atoms with E-state index in [1.165, 1.54) is 21.8 Å². The highest BCUT2D eigenvalue weighted by atomic mass is 16.5. The molecule has 1 heterocycles. The van der Waals surface area contributed by atoms with Gasteiger partial charge in [-0.3, -0.25) is 4.57 Å². The predicted octanol–water partition coefficient (Wildman–Crippen LogP) is 2.93. The molecule has 0 radical (unpaired) electrons. The Labute approximate surface area is 168 Å². The van der Waals surface area contributed by atoms with Crippen molar-refractivity contribution in [2.45, 2.75) is 45.3 Å². The molecule has 3 N–H and O–H groups in total. The van der Waals surface area contributed by atoms with E-state index in [0.29, 0.717) is 23.5 Å². The summed E-state index contributed by atoms with van der Waals surface area (Å²) in [6, 6.07) is 9.19. The molecule has 1 aromatic heterocycles. The number of rotatable bonds is 5. The minimum Gasteiger partial charge on any atom is -0.508 e. The van der Waals surface area contributed by atoms with Crippen LogP contribution in [0.5, 0.6) is 11.5 Å². The summed E-state index contributed by atoms with van der Waals surface area (Å²) in [4.78, 5) is 12.4. The second kappa shape index (κ2) is 7.40. The van der Waals surface area contributed by atoms with Gasteiger partial charge in [0, 0.05) is 13.2 Å². The van der Waals surface area contributed by atoms with Gasteiger partial charge in [-0.25, -0.2) is 9.89 Å². The van der Waals surface area contributed by atoms with Crippen molar-refractivity contribution in [2.24, 2.45) is 0 Å². The Balaban J connectivity index is 1.72. The molecule has 0 aliphatic heterocycles. The van der Waals surface area contributed by atoms with Gasteiger partial charge in [0.25, 0.3) is 0 Å². The third-order valence-electron chi connectivity index (χ3n) is 5.61. The summed E-state index contributed by atoms with van der Waals surface area (Å²) in [7, 11) is 1.73. The number of nitrogens with one attached hydrogen (secondary N) is 1. The average molecular weight is 395 g/mol. The van der Waals surface area contributed by atoms with Crippen molar-refractivity contribution < 1.29 is 14.9 Å². The average Bonchev–Trinajstić information content (AvgIpc) is 3.25. The molecule has 0 fully saturated rings. The highest BCUT2D eigenvalue weighted by Crippen LogP contribution is 2.37. The van der Waals surface area contributed by atoms with Crippen molar-refractivity contribution in [1.29, 1.82) is 0 Å². The van der Waals surface area contributed by atoms with Crippen molar-refractivity contribution in [1.82, 2.24) is 14.8 Å². The van der Waals surface area contributed by atoms with E-state index in [1.807, 2.05) is 19.9 Å². The van der Waals surface area contributed by atoms with Gasteiger partial charge in [0.15, 0.2) is 5.82 Å². The van der Waals surface area contributed by atoms with Gasteiger partial charge in [0.1, 0.15) is 11.5 Å². The quantitative estimate of drug-likeness (QED) is 0.617. The standard InChI is InChI=1S/C22H25N3O4/c1-12(2)17-9-18(20(27)10-19(17)26)21-23-24-22(28)25(21)11-13-4-5-14-7-16(29-3)8-15(14)6-13/h4-6,9-10,12,16,26-27H,7-8,11H2,1-3H3,(H,24,28). The number of hydrogen-bond donors (Lipinski definition) is 3. The minimum atomic E-state index is -0.353. The third kappa shape index (κ3) is 3.53. The second-order valence-corrected chi connectivity index (χ2v) is 7.89. The molecule has 1 unspecified atom stereocenters. The zero-order valence-corrected chi connectivity index (χ0v) is 16.8. The van der Waals surface area contributed by atoms with Crippen LogP contribution in [0.3, 0.4) is 0 Å². The van der Waals surface area contributed by atoms with E-state index in [0.717, 1.165) is 18.4 Å². The Morgan fingerprint density at radius 3 is 2.66 bits per heavy atom. The third-order valence-corrected chi connectivity index (χ3v) is 5.61. The van der Waals surface area contributed by atoms with Crippen LogP contribution in [0.25, 0.3) is 11.4 Å². The fourth-order valence-corrected chi connectivity index (χ4v) is 3.98. The lowest BCUT2D eigenvalue weighted by molar-refractivity contribution is 0.112. The van der Waals surface area contributed by atoms with Crippen LogP contribution in [0.2, 0.25) is 0 Å². The Morgan fingerprint density at radius 1 is 1.17 bits per heavy atom. The second-order valence-electron chi connectivity index (χ2n) is 7.89. The molecular weight excluding hydrogens is 370 g/mol. The number of hydrogen-bond acceptors (Lipinski definition) is 5. The van der Waals surface area contributed by atoms with E-state index in [-0.39, 0.29) is 29.2 Å². The Kier molecular flexibility index (Phi) is 4.92. The number of aromatic amines is 1. The monoisotopic (exact) mass is 395 g/mol. The molecule has 1 atom stereocenters. The van der Waals surface area contributed by atoms with Gasteiger partial charge in [0.2, 0.25) is 0 Å². The highest BCUT2D eigenvalue weighted by molar-refractivity contribution is 5.67. The lowest BCUT2D eigenvalue weighted by atomic mass is 9.98. The zero-order chi connectivity index (χ0) is 20.7. The molecule has 0 saturated carbocycles. The van der Waals surface area contributed by atoms with Crippen molar-refractivity contribution in [2.75, 3.05) is 7.11 Å². The molecule has 29 heavy (non-hydrogen) atoms. The normalized spacial score (nSPS) is 15.8. The number of methoxy groups -OCH3 is 1. The van der Waals surface area contributed by atoms with Crippen LogP contribution in [0.15, 0.2) is 35.1 Å². The predicted molar refractivity (Wildman–Crippen MR) is 109 cm³/mol. The Morgan fingerprint density at radius 2 is 1.93 bits per heavy atom. The number of ether oxygens (including phenoxy) is 1. The Hall–Kier alpha value is -3.06. The Bertz CT molecular complexity index is 1110. The lowest BCUT2D eigenvalue weighted by Crippen LogP contribution is -2.18. The first kappa shape index (κ1) is 19.3. The molecule has 0 bridgehead atoms. The van der Waals surface area contributed by atoms with Gasteiger partial charge < -0.3 is 14.9 Å². The van der Waals surface area contributed by atoms with Gasteiger partial charge in [-0.15, -0.1) is 0 Å². The number of H-pyrrole nitrogens is 1. The van der Waals surface area contributed by atoms with E-state index < -0.39 is 0 Å². The lowest BCUT2D eigenvalue weighted by Gasteiger charge is -2.13. The van der Waals surface area contributed by atoms with E-state index in [1.54, 1.807) is 13.2 Å². The van der Waals surface area contributed by atoms with E-state index >= 15 is 0 Å². The molecule has 0 spiro atoms. The van der Waals surface area contributed by atoms with E-state index in [9.17, 15) is 15.0 Å². The fourth-order valence-electron chi connectivity index (χ4n) is 3.98. The summed E-state index contributed by atoms with van der Waals surface area (Å²) in [6.07, 6.45) is 1.97. The van der Waals surface area contributed by atoms with Gasteiger partial charge in [-0.2, -0.15) is 5.10 Å². The molecule has 4 rings (SSSR count). The summed E-state index contributed by atoms with van der Waals surface area (Å²) in [5.74, 6) is 0.296. The van der Waals surface area contributed by atoms with Crippen molar-refractivity contribution in [3.63, 3.8) is 0 Å². The molecule has 1 aliphatic rings. The number of nitrogens with zero attached hydrogens (tertiary/aromatic N) is 2. The van der Waals surface area contributed by atoms with Gasteiger partial charge >= 0.3 is 5.69 Å². The summed E-state index contributed by atoms with van der Waals surface area (Å²) in [5, 5.41) is 27.1. The number of fused-ring (bicyclic) bond motifs is 1. The first-order chi connectivity index (χ1) is 13.9. The molecule has 0 saturated heterocycles. The van der Waals surface area contributed by atoms with Gasteiger partial charge in [0.05, 0.1) is 18.2 Å². The summed E-state index contributed by atoms with van der Waals surface area (Å²) >= 11 is 0. The van der Waals surface area contributed by atoms with Crippen molar-refractivity contribution in [3.8, 4) is 22.9 Å². The number of aromatic nitrogens is 3. The van der Waals surface area contributed by atoms with E-state index in [2.05, 4.69) is 22.3 Å². The first-order valence-electron chi connectivity index (χ1n) is 9.72. The summed E-state index contributed by atoms with van der Waals surface area (Å²) < 4.78 is 6.97. The van der Waals surface area contributed by atoms with Gasteiger partial charge in [-0.1, -0.05) is 32.0 Å². The number of benzene rings is 2.